The number of nitrogens with two attached hydrogens (primary N) is 1. The lowest BCUT2D eigenvalue weighted by Gasteiger charge is -2.17. The highest BCUT2D eigenvalue weighted by Gasteiger charge is 2.18. The molecule has 4 heteroatoms. The van der Waals surface area contributed by atoms with Gasteiger partial charge < -0.3 is 10.8 Å². The van der Waals surface area contributed by atoms with E-state index in [1.165, 1.54) is 10.8 Å². The van der Waals surface area contributed by atoms with Gasteiger partial charge in [-0.25, -0.2) is 4.79 Å². The summed E-state index contributed by atoms with van der Waals surface area (Å²) in [4.78, 5) is 10.2. The average Bonchev–Trinajstić information content (AvgIpc) is 2.56. The second-order valence-electron chi connectivity index (χ2n) is 5.50. The fourth-order valence-electron chi connectivity index (χ4n) is 1.77. The Labute approximate surface area is 133 Å². The molecule has 0 bridgehead atoms. The molecular formula is C18H23NO2Si. The summed E-state index contributed by atoms with van der Waals surface area (Å²) in [6.07, 6.45) is 0. The topological polar surface area (TPSA) is 63.3 Å². The van der Waals surface area contributed by atoms with E-state index in [-0.39, 0.29) is 0 Å². The first kappa shape index (κ1) is 17.9. The van der Waals surface area contributed by atoms with Gasteiger partial charge in [-0.2, -0.15) is 0 Å². The molecule has 0 aliphatic heterocycles. The number of rotatable bonds is 4. The molecule has 0 aromatic heterocycles. The predicted molar refractivity (Wildman–Crippen MR) is 95.0 cm³/mol. The number of carboxylic acid groups (broad SMARTS) is 1. The highest BCUT2D eigenvalue weighted by Crippen LogP contribution is 2.05. The first-order chi connectivity index (χ1) is 10.4. The molecule has 22 heavy (non-hydrogen) atoms. The van der Waals surface area contributed by atoms with Crippen LogP contribution in [-0.4, -0.2) is 19.1 Å². The minimum Gasteiger partial charge on any atom is -0.478 e. The standard InChI is InChI=1S/C11H17NSi.C7H6O2/c1-4-13(2,3)11-7-5-10(9-12)6-8-11;8-7(9)6-4-2-1-3-5-6/h4-8H,1,9,12H2,2-3H3;1-5H,(H,8,9). The molecule has 0 atom stereocenters. The van der Waals surface area contributed by atoms with Crippen LogP contribution >= 0.6 is 0 Å². The summed E-state index contributed by atoms with van der Waals surface area (Å²) in [6.45, 7) is 9.09. The van der Waals surface area contributed by atoms with E-state index >= 15 is 0 Å². The number of hydrogen-bond donors (Lipinski definition) is 2. The number of benzene rings is 2. The fraction of sp³-hybridized carbons (Fsp3) is 0.167. The van der Waals surface area contributed by atoms with Crippen LogP contribution in [0.2, 0.25) is 13.1 Å². The van der Waals surface area contributed by atoms with E-state index in [1.54, 1.807) is 30.3 Å². The maximum atomic E-state index is 10.2. The second kappa shape index (κ2) is 8.31. The van der Waals surface area contributed by atoms with Crippen LogP contribution in [0.3, 0.4) is 0 Å². The van der Waals surface area contributed by atoms with Crippen LogP contribution in [0.15, 0.2) is 66.9 Å². The summed E-state index contributed by atoms with van der Waals surface area (Å²) in [5.41, 5.74) is 9.16. The molecule has 0 aliphatic rings. The Morgan fingerprint density at radius 2 is 1.68 bits per heavy atom. The molecule has 0 saturated heterocycles. The third-order valence-electron chi connectivity index (χ3n) is 3.46. The zero-order valence-electron chi connectivity index (χ0n) is 13.1. The van der Waals surface area contributed by atoms with E-state index in [0.717, 1.165) is 0 Å². The Kier molecular flexibility index (Phi) is 6.76. The predicted octanol–water partition coefficient (Wildman–Crippen LogP) is 3.17. The van der Waals surface area contributed by atoms with E-state index < -0.39 is 14.0 Å². The Balaban J connectivity index is 0.000000235. The molecule has 2 aromatic carbocycles. The van der Waals surface area contributed by atoms with Gasteiger partial charge in [-0.05, 0) is 17.7 Å². The SMILES string of the molecule is C=C[Si](C)(C)c1ccc(CN)cc1.O=C(O)c1ccccc1. The summed E-state index contributed by atoms with van der Waals surface area (Å²) in [6, 6.07) is 16.9. The molecule has 0 spiro atoms. The molecular weight excluding hydrogens is 290 g/mol. The summed E-state index contributed by atoms with van der Waals surface area (Å²) >= 11 is 0. The van der Waals surface area contributed by atoms with Gasteiger partial charge >= 0.3 is 5.97 Å². The van der Waals surface area contributed by atoms with Crippen molar-refractivity contribution in [1.29, 1.82) is 0 Å². The molecule has 2 aromatic rings. The molecule has 0 saturated carbocycles. The molecule has 0 radical (unpaired) electrons. The molecule has 0 amide bonds. The summed E-state index contributed by atoms with van der Waals surface area (Å²) in [7, 11) is -1.37. The van der Waals surface area contributed by atoms with E-state index in [1.807, 2.05) is 0 Å². The van der Waals surface area contributed by atoms with Gasteiger partial charge in [0.1, 0.15) is 8.07 Å². The lowest BCUT2D eigenvalue weighted by atomic mass is 10.2. The third-order valence-corrected chi connectivity index (χ3v) is 6.31. The first-order valence-corrected chi connectivity index (χ1v) is 10.2. The zero-order chi connectivity index (χ0) is 16.6. The Morgan fingerprint density at radius 1 is 1.14 bits per heavy atom. The number of carbonyl (C=O) groups is 1. The molecule has 0 fully saturated rings. The average molecular weight is 313 g/mol. The maximum absolute atomic E-state index is 10.2. The molecule has 0 aliphatic carbocycles. The van der Waals surface area contributed by atoms with Crippen molar-refractivity contribution >= 4 is 19.2 Å². The lowest BCUT2D eigenvalue weighted by molar-refractivity contribution is 0.0697. The summed E-state index contributed by atoms with van der Waals surface area (Å²) in [5, 5.41) is 9.80. The van der Waals surface area contributed by atoms with E-state index in [4.69, 9.17) is 10.8 Å². The van der Waals surface area contributed by atoms with Crippen LogP contribution < -0.4 is 10.9 Å². The van der Waals surface area contributed by atoms with Crippen molar-refractivity contribution < 1.29 is 9.90 Å². The zero-order valence-corrected chi connectivity index (χ0v) is 14.1. The normalized spacial score (nSPS) is 10.3. The summed E-state index contributed by atoms with van der Waals surface area (Å²) < 4.78 is 0. The van der Waals surface area contributed by atoms with Gasteiger partial charge in [0.2, 0.25) is 0 Å². The minimum atomic E-state index is -1.37. The first-order valence-electron chi connectivity index (χ1n) is 7.12. The smallest absolute Gasteiger partial charge is 0.335 e. The molecule has 2 rings (SSSR count). The Hall–Kier alpha value is -2.17. The third kappa shape index (κ3) is 5.31. The molecule has 116 valence electrons. The van der Waals surface area contributed by atoms with Crippen LogP contribution in [0.4, 0.5) is 0 Å². The van der Waals surface area contributed by atoms with Crippen molar-refractivity contribution in [2.24, 2.45) is 5.73 Å². The molecule has 3 N–H and O–H groups in total. The minimum absolute atomic E-state index is 0.331. The quantitative estimate of drug-likeness (QED) is 0.852. The van der Waals surface area contributed by atoms with Crippen molar-refractivity contribution in [3.8, 4) is 0 Å². The number of hydrogen-bond acceptors (Lipinski definition) is 2. The van der Waals surface area contributed by atoms with Gasteiger partial charge in [-0.1, -0.05) is 66.4 Å². The van der Waals surface area contributed by atoms with Crippen LogP contribution in [0.25, 0.3) is 0 Å². The Bertz CT molecular complexity index is 607. The van der Waals surface area contributed by atoms with E-state index in [2.05, 4.69) is 49.6 Å². The molecule has 0 unspecified atom stereocenters. The monoisotopic (exact) mass is 313 g/mol. The van der Waals surface area contributed by atoms with Crippen LogP contribution in [-0.2, 0) is 6.54 Å². The maximum Gasteiger partial charge on any atom is 0.335 e. The van der Waals surface area contributed by atoms with Gasteiger partial charge in [0, 0.05) is 6.54 Å². The van der Waals surface area contributed by atoms with Crippen molar-refractivity contribution in [2.45, 2.75) is 19.6 Å². The highest BCUT2D eigenvalue weighted by molar-refractivity contribution is 6.93. The van der Waals surface area contributed by atoms with Crippen molar-refractivity contribution in [1.82, 2.24) is 0 Å². The molecule has 0 heterocycles. The van der Waals surface area contributed by atoms with E-state index in [9.17, 15) is 4.79 Å². The van der Waals surface area contributed by atoms with Crippen molar-refractivity contribution in [2.75, 3.05) is 0 Å². The van der Waals surface area contributed by atoms with Crippen LogP contribution in [0, 0.1) is 0 Å². The van der Waals surface area contributed by atoms with Gasteiger partial charge in [0.25, 0.3) is 0 Å². The fourth-order valence-corrected chi connectivity index (χ4v) is 3.03. The second-order valence-corrected chi connectivity index (χ2v) is 9.93. The van der Waals surface area contributed by atoms with Crippen molar-refractivity contribution in [3.05, 3.63) is 78.0 Å². The van der Waals surface area contributed by atoms with E-state index in [0.29, 0.717) is 12.1 Å². The van der Waals surface area contributed by atoms with Crippen LogP contribution in [0.1, 0.15) is 15.9 Å². The highest BCUT2D eigenvalue weighted by atomic mass is 28.3. The lowest BCUT2D eigenvalue weighted by Crippen LogP contribution is -2.39. The van der Waals surface area contributed by atoms with Crippen molar-refractivity contribution in [3.63, 3.8) is 0 Å². The van der Waals surface area contributed by atoms with Gasteiger partial charge in [0.05, 0.1) is 5.56 Å². The van der Waals surface area contributed by atoms with Gasteiger partial charge in [-0.3, -0.25) is 0 Å². The molecule has 3 nitrogen and oxygen atoms in total. The number of carboxylic acids is 1. The van der Waals surface area contributed by atoms with Crippen LogP contribution in [0.5, 0.6) is 0 Å². The van der Waals surface area contributed by atoms with Gasteiger partial charge in [-0.15, -0.1) is 6.58 Å². The number of aromatic carboxylic acids is 1. The Morgan fingerprint density at radius 3 is 2.05 bits per heavy atom. The van der Waals surface area contributed by atoms with Gasteiger partial charge in [0.15, 0.2) is 0 Å². The summed E-state index contributed by atoms with van der Waals surface area (Å²) in [5.74, 6) is -0.879. The largest absolute Gasteiger partial charge is 0.478 e.